The van der Waals surface area contributed by atoms with Crippen LogP contribution in [0.1, 0.15) is 32.6 Å². The predicted octanol–water partition coefficient (Wildman–Crippen LogP) is 2.66. The first-order valence-electron chi connectivity index (χ1n) is 6.17. The number of nitrogens with one attached hydrogen (secondary N) is 1. The molecule has 0 aromatic carbocycles. The lowest BCUT2D eigenvalue weighted by Crippen LogP contribution is -2.38. The molecule has 1 fully saturated rings. The van der Waals surface area contributed by atoms with Crippen molar-refractivity contribution in [2.75, 3.05) is 6.54 Å². The van der Waals surface area contributed by atoms with Crippen LogP contribution in [0, 0.1) is 9.49 Å². The van der Waals surface area contributed by atoms with Crippen LogP contribution in [0.2, 0.25) is 0 Å². The molecule has 0 amide bonds. The minimum Gasteiger partial charge on any atom is -0.312 e. The van der Waals surface area contributed by atoms with E-state index in [9.17, 15) is 0 Å². The first kappa shape index (κ1) is 12.4. The predicted molar refractivity (Wildman–Crippen MR) is 74.4 cm³/mol. The van der Waals surface area contributed by atoms with Crippen molar-refractivity contribution in [1.29, 1.82) is 0 Å². The summed E-state index contributed by atoms with van der Waals surface area (Å²) in [4.78, 5) is 0. The second-order valence-corrected chi connectivity index (χ2v) is 5.99. The van der Waals surface area contributed by atoms with E-state index in [1.807, 2.05) is 10.9 Å². The number of aromatic nitrogens is 2. The normalized spacial score (nSPS) is 25.9. The van der Waals surface area contributed by atoms with E-state index >= 15 is 0 Å². The van der Waals surface area contributed by atoms with Gasteiger partial charge < -0.3 is 5.32 Å². The molecule has 1 N–H and O–H groups in total. The summed E-state index contributed by atoms with van der Waals surface area (Å²) in [6.45, 7) is 4.38. The van der Waals surface area contributed by atoms with Crippen molar-refractivity contribution in [1.82, 2.24) is 15.1 Å². The molecule has 4 heteroatoms. The molecule has 3 nitrogen and oxygen atoms in total. The molecule has 90 valence electrons. The van der Waals surface area contributed by atoms with E-state index in [4.69, 9.17) is 0 Å². The first-order valence-corrected chi connectivity index (χ1v) is 7.25. The van der Waals surface area contributed by atoms with Crippen LogP contribution in [0.3, 0.4) is 0 Å². The van der Waals surface area contributed by atoms with E-state index < -0.39 is 0 Å². The van der Waals surface area contributed by atoms with Crippen LogP contribution >= 0.6 is 22.6 Å². The zero-order chi connectivity index (χ0) is 11.4. The Hall–Kier alpha value is -0.100. The second kappa shape index (κ2) is 6.00. The highest BCUT2D eigenvalue weighted by Crippen LogP contribution is 2.23. The smallest absolute Gasteiger partial charge is 0.0623 e. The zero-order valence-electron chi connectivity index (χ0n) is 9.82. The van der Waals surface area contributed by atoms with Crippen LogP contribution in [-0.4, -0.2) is 22.4 Å². The Balaban J connectivity index is 1.71. The molecule has 16 heavy (non-hydrogen) atoms. The van der Waals surface area contributed by atoms with E-state index in [1.54, 1.807) is 0 Å². The van der Waals surface area contributed by atoms with Gasteiger partial charge in [0.25, 0.3) is 0 Å². The molecule has 1 aromatic rings. The molecule has 1 aliphatic rings. The van der Waals surface area contributed by atoms with Gasteiger partial charge in [-0.25, -0.2) is 0 Å². The van der Waals surface area contributed by atoms with Crippen molar-refractivity contribution < 1.29 is 0 Å². The summed E-state index contributed by atoms with van der Waals surface area (Å²) in [5, 5.41) is 7.95. The Labute approximate surface area is 111 Å². The fourth-order valence-corrected chi connectivity index (χ4v) is 2.89. The van der Waals surface area contributed by atoms with Crippen LogP contribution < -0.4 is 5.32 Å². The number of rotatable bonds is 4. The minimum atomic E-state index is 0.725. The van der Waals surface area contributed by atoms with E-state index in [0.29, 0.717) is 0 Å². The summed E-state index contributed by atoms with van der Waals surface area (Å²) < 4.78 is 3.23. The molecule has 2 rings (SSSR count). The molecule has 1 aromatic heterocycles. The van der Waals surface area contributed by atoms with Gasteiger partial charge in [-0.3, -0.25) is 4.68 Å². The highest BCUT2D eigenvalue weighted by molar-refractivity contribution is 14.1. The monoisotopic (exact) mass is 333 g/mol. The topological polar surface area (TPSA) is 29.9 Å². The molecular weight excluding hydrogens is 313 g/mol. The Bertz CT molecular complexity index is 324. The standard InChI is InChI=1S/C12H20IN3/c1-10-4-2-3-5-12(10)14-6-7-16-9-11(13)8-15-16/h8-10,12,14H,2-7H2,1H3. The van der Waals surface area contributed by atoms with Crippen LogP contribution in [0.25, 0.3) is 0 Å². The zero-order valence-corrected chi connectivity index (χ0v) is 12.0. The summed E-state index contributed by atoms with van der Waals surface area (Å²) in [6.07, 6.45) is 9.53. The Morgan fingerprint density at radius 3 is 3.00 bits per heavy atom. The van der Waals surface area contributed by atoms with Gasteiger partial charge in [-0.2, -0.15) is 5.10 Å². The maximum Gasteiger partial charge on any atom is 0.0623 e. The summed E-state index contributed by atoms with van der Waals surface area (Å²) in [7, 11) is 0. The number of nitrogens with zero attached hydrogens (tertiary/aromatic N) is 2. The molecule has 1 saturated carbocycles. The van der Waals surface area contributed by atoms with E-state index in [-0.39, 0.29) is 0 Å². The summed E-state index contributed by atoms with van der Waals surface area (Å²) in [5.74, 6) is 0.839. The lowest BCUT2D eigenvalue weighted by atomic mass is 9.86. The van der Waals surface area contributed by atoms with Crippen molar-refractivity contribution >= 4 is 22.6 Å². The molecule has 0 saturated heterocycles. The lowest BCUT2D eigenvalue weighted by Gasteiger charge is -2.29. The molecule has 2 atom stereocenters. The molecule has 0 spiro atoms. The largest absolute Gasteiger partial charge is 0.312 e. The lowest BCUT2D eigenvalue weighted by molar-refractivity contribution is 0.277. The van der Waals surface area contributed by atoms with Crippen LogP contribution in [-0.2, 0) is 6.54 Å². The van der Waals surface area contributed by atoms with Gasteiger partial charge in [0.2, 0.25) is 0 Å². The summed E-state index contributed by atoms with van der Waals surface area (Å²) in [6, 6.07) is 0.725. The molecule has 0 bridgehead atoms. The Morgan fingerprint density at radius 2 is 2.31 bits per heavy atom. The number of hydrogen-bond acceptors (Lipinski definition) is 2. The van der Waals surface area contributed by atoms with E-state index in [1.165, 1.54) is 29.3 Å². The summed E-state index contributed by atoms with van der Waals surface area (Å²) in [5.41, 5.74) is 0. The minimum absolute atomic E-state index is 0.725. The van der Waals surface area contributed by atoms with Crippen molar-refractivity contribution in [2.24, 2.45) is 5.92 Å². The van der Waals surface area contributed by atoms with E-state index in [2.05, 4.69) is 46.1 Å². The molecular formula is C12H20IN3. The third kappa shape index (κ3) is 3.45. The molecule has 0 radical (unpaired) electrons. The Kier molecular flexibility index (Phi) is 4.64. The van der Waals surface area contributed by atoms with Crippen LogP contribution in [0.5, 0.6) is 0 Å². The van der Waals surface area contributed by atoms with Gasteiger partial charge in [-0.05, 0) is 41.4 Å². The second-order valence-electron chi connectivity index (χ2n) is 4.74. The third-order valence-corrected chi connectivity index (χ3v) is 4.02. The average molecular weight is 333 g/mol. The first-order chi connectivity index (χ1) is 7.75. The van der Waals surface area contributed by atoms with Crippen molar-refractivity contribution in [3.8, 4) is 0 Å². The quantitative estimate of drug-likeness (QED) is 0.859. The maximum absolute atomic E-state index is 4.29. The van der Waals surface area contributed by atoms with Crippen LogP contribution in [0.4, 0.5) is 0 Å². The summed E-state index contributed by atoms with van der Waals surface area (Å²) >= 11 is 2.30. The van der Waals surface area contributed by atoms with Crippen LogP contribution in [0.15, 0.2) is 12.4 Å². The fraction of sp³-hybridized carbons (Fsp3) is 0.750. The molecule has 2 unspecified atom stereocenters. The average Bonchev–Trinajstić information content (AvgIpc) is 2.67. The highest BCUT2D eigenvalue weighted by atomic mass is 127. The van der Waals surface area contributed by atoms with Gasteiger partial charge in [0.05, 0.1) is 16.3 Å². The SMILES string of the molecule is CC1CCCCC1NCCn1cc(I)cn1. The van der Waals surface area contributed by atoms with Crippen molar-refractivity contribution in [3.63, 3.8) is 0 Å². The van der Waals surface area contributed by atoms with Gasteiger partial charge in [0.1, 0.15) is 0 Å². The van der Waals surface area contributed by atoms with Gasteiger partial charge in [0, 0.05) is 18.8 Å². The van der Waals surface area contributed by atoms with Crippen molar-refractivity contribution in [2.45, 2.75) is 45.2 Å². The highest BCUT2D eigenvalue weighted by Gasteiger charge is 2.19. The van der Waals surface area contributed by atoms with Gasteiger partial charge in [-0.1, -0.05) is 19.8 Å². The van der Waals surface area contributed by atoms with Gasteiger partial charge >= 0.3 is 0 Å². The third-order valence-electron chi connectivity index (χ3n) is 3.46. The maximum atomic E-state index is 4.29. The van der Waals surface area contributed by atoms with Gasteiger partial charge in [-0.15, -0.1) is 0 Å². The molecule has 1 aliphatic carbocycles. The van der Waals surface area contributed by atoms with E-state index in [0.717, 1.165) is 25.0 Å². The molecule has 0 aliphatic heterocycles. The van der Waals surface area contributed by atoms with Gasteiger partial charge in [0.15, 0.2) is 0 Å². The molecule has 1 heterocycles. The number of hydrogen-bond donors (Lipinski definition) is 1. The number of halogens is 1. The fourth-order valence-electron chi connectivity index (χ4n) is 2.44. The Morgan fingerprint density at radius 1 is 1.50 bits per heavy atom. The van der Waals surface area contributed by atoms with Crippen molar-refractivity contribution in [3.05, 3.63) is 16.0 Å².